The van der Waals surface area contributed by atoms with Crippen LogP contribution < -0.4 is 10.6 Å². The Kier molecular flexibility index (Phi) is 4.38. The van der Waals surface area contributed by atoms with Gasteiger partial charge in [0.1, 0.15) is 5.75 Å². The maximum absolute atomic E-state index is 11.7. The number of carbonyl (C=O) groups excluding carboxylic acids is 1. The Bertz CT molecular complexity index is 615. The van der Waals surface area contributed by atoms with E-state index in [0.29, 0.717) is 20.5 Å². The van der Waals surface area contributed by atoms with Crippen LogP contribution >= 0.6 is 24.0 Å². The predicted octanol–water partition coefficient (Wildman–Crippen LogP) is 1.22. The number of benzene rings is 1. The van der Waals surface area contributed by atoms with Gasteiger partial charge in [-0.1, -0.05) is 36.1 Å². The number of hydrogen-bond acceptors (Lipinski definition) is 6. The minimum Gasteiger partial charge on any atom is -0.482 e. The summed E-state index contributed by atoms with van der Waals surface area (Å²) in [4.78, 5) is 22.6. The molecule has 20 heavy (non-hydrogen) atoms. The predicted molar refractivity (Wildman–Crippen MR) is 78.8 cm³/mol. The highest BCUT2D eigenvalue weighted by molar-refractivity contribution is 8.26. The number of rotatable bonds is 4. The Morgan fingerprint density at radius 3 is 2.90 bits per heavy atom. The summed E-state index contributed by atoms with van der Waals surface area (Å²) in [5.41, 5.74) is 0.696. The van der Waals surface area contributed by atoms with Gasteiger partial charge in [-0.15, -0.1) is 0 Å². The number of nitrogens with zero attached hydrogens (tertiary/aromatic N) is 1. The van der Waals surface area contributed by atoms with Gasteiger partial charge in [0.25, 0.3) is 5.91 Å². The summed E-state index contributed by atoms with van der Waals surface area (Å²) in [5, 5.41) is 9.46. The maximum Gasteiger partial charge on any atom is 0.341 e. The summed E-state index contributed by atoms with van der Waals surface area (Å²) < 4.78 is 5.35. The zero-order valence-corrected chi connectivity index (χ0v) is 11.7. The first-order valence-corrected chi connectivity index (χ1v) is 6.67. The van der Waals surface area contributed by atoms with Gasteiger partial charge >= 0.3 is 5.97 Å². The molecule has 1 amide bonds. The molecule has 1 saturated heterocycles. The van der Waals surface area contributed by atoms with Gasteiger partial charge < -0.3 is 9.84 Å². The molecule has 3 N–H and O–H groups in total. The highest BCUT2D eigenvalue weighted by Crippen LogP contribution is 2.30. The van der Waals surface area contributed by atoms with Crippen molar-refractivity contribution >= 4 is 46.3 Å². The van der Waals surface area contributed by atoms with Crippen molar-refractivity contribution in [3.63, 3.8) is 0 Å². The largest absolute Gasteiger partial charge is 0.482 e. The summed E-state index contributed by atoms with van der Waals surface area (Å²) in [6.07, 6.45) is 1.62. The molecule has 1 aliphatic rings. The highest BCUT2D eigenvalue weighted by atomic mass is 32.2. The van der Waals surface area contributed by atoms with Gasteiger partial charge in [0.15, 0.2) is 10.9 Å². The number of amides is 1. The van der Waals surface area contributed by atoms with Gasteiger partial charge in [0.05, 0.1) is 4.91 Å². The quantitative estimate of drug-likeness (QED) is 0.374. The topological polar surface area (TPSA) is 92.9 Å². The lowest BCUT2D eigenvalue weighted by atomic mass is 10.2. The SMILES string of the molecule is NN1C(=O)C(=Cc2cccc(OCC(=O)O)c2)SC1=S. The van der Waals surface area contributed by atoms with E-state index in [9.17, 15) is 9.59 Å². The van der Waals surface area contributed by atoms with E-state index in [-0.39, 0.29) is 5.91 Å². The van der Waals surface area contributed by atoms with Gasteiger partial charge in [-0.25, -0.2) is 15.6 Å². The molecule has 0 atom stereocenters. The lowest BCUT2D eigenvalue weighted by Crippen LogP contribution is -2.34. The third-order valence-electron chi connectivity index (χ3n) is 2.34. The molecule has 0 aromatic heterocycles. The molecule has 104 valence electrons. The fourth-order valence-corrected chi connectivity index (χ4v) is 2.57. The number of carboxylic acids is 1. The standard InChI is InChI=1S/C12H10N2O4S2/c13-14-11(17)9(20-12(14)19)5-7-2-1-3-8(4-7)18-6-10(15)16/h1-5H,6,13H2,(H,15,16). The number of carbonyl (C=O) groups is 2. The number of aliphatic carboxylic acids is 1. The number of ether oxygens (including phenoxy) is 1. The summed E-state index contributed by atoms with van der Waals surface area (Å²) in [5.74, 6) is 4.45. The highest BCUT2D eigenvalue weighted by Gasteiger charge is 2.29. The molecule has 1 aromatic rings. The van der Waals surface area contributed by atoms with E-state index in [1.54, 1.807) is 30.3 Å². The van der Waals surface area contributed by atoms with E-state index in [4.69, 9.17) is 27.9 Å². The molecule has 6 nitrogen and oxygen atoms in total. The van der Waals surface area contributed by atoms with Gasteiger partial charge in [-0.05, 0) is 23.8 Å². The molecule has 0 bridgehead atoms. The van der Waals surface area contributed by atoms with Crippen LogP contribution in [0.15, 0.2) is 29.2 Å². The van der Waals surface area contributed by atoms with Crippen LogP contribution in [-0.4, -0.2) is 32.9 Å². The second kappa shape index (κ2) is 6.04. The third kappa shape index (κ3) is 3.35. The van der Waals surface area contributed by atoms with Gasteiger partial charge in [0, 0.05) is 0 Å². The second-order valence-corrected chi connectivity index (χ2v) is 5.48. The van der Waals surface area contributed by atoms with E-state index >= 15 is 0 Å². The van der Waals surface area contributed by atoms with E-state index in [1.807, 2.05) is 0 Å². The van der Waals surface area contributed by atoms with Crippen LogP contribution in [0.3, 0.4) is 0 Å². The molecule has 8 heteroatoms. The summed E-state index contributed by atoms with van der Waals surface area (Å²) >= 11 is 6.03. The van der Waals surface area contributed by atoms with E-state index in [1.165, 1.54) is 0 Å². The number of thioether (sulfide) groups is 1. The van der Waals surface area contributed by atoms with Crippen molar-refractivity contribution in [3.8, 4) is 5.75 Å². The molecule has 0 radical (unpaired) electrons. The Morgan fingerprint density at radius 1 is 1.55 bits per heavy atom. The first-order chi connectivity index (χ1) is 9.47. The van der Waals surface area contributed by atoms with Crippen molar-refractivity contribution < 1.29 is 19.4 Å². The molecule has 1 aromatic carbocycles. The average Bonchev–Trinajstić information content (AvgIpc) is 2.65. The lowest BCUT2D eigenvalue weighted by molar-refractivity contribution is -0.139. The van der Waals surface area contributed by atoms with Crippen LogP contribution in [0, 0.1) is 0 Å². The zero-order chi connectivity index (χ0) is 14.7. The molecule has 0 aliphatic carbocycles. The maximum atomic E-state index is 11.7. The smallest absolute Gasteiger partial charge is 0.341 e. The Hall–Kier alpha value is -1.90. The fraction of sp³-hybridized carbons (Fsp3) is 0.0833. The molecule has 0 saturated carbocycles. The molecule has 1 heterocycles. The Balaban J connectivity index is 2.18. The van der Waals surface area contributed by atoms with Gasteiger partial charge in [0.2, 0.25) is 0 Å². The molecule has 2 rings (SSSR count). The molecular weight excluding hydrogens is 300 g/mol. The van der Waals surface area contributed by atoms with Crippen molar-refractivity contribution in [1.29, 1.82) is 0 Å². The molecule has 1 aliphatic heterocycles. The van der Waals surface area contributed by atoms with Crippen molar-refractivity contribution in [2.75, 3.05) is 6.61 Å². The summed E-state index contributed by atoms with van der Waals surface area (Å²) in [6, 6.07) is 6.73. The molecule has 1 fully saturated rings. The fourth-order valence-electron chi connectivity index (χ4n) is 1.47. The Labute approximate surface area is 124 Å². The van der Waals surface area contributed by atoms with E-state index < -0.39 is 12.6 Å². The zero-order valence-electron chi connectivity index (χ0n) is 10.1. The van der Waals surface area contributed by atoms with Crippen molar-refractivity contribution in [1.82, 2.24) is 5.01 Å². The number of nitrogens with two attached hydrogens (primary N) is 1. The lowest BCUT2D eigenvalue weighted by Gasteiger charge is -2.04. The van der Waals surface area contributed by atoms with Crippen molar-refractivity contribution in [3.05, 3.63) is 34.7 Å². The Morgan fingerprint density at radius 2 is 2.30 bits per heavy atom. The van der Waals surface area contributed by atoms with Crippen LogP contribution in [0.2, 0.25) is 0 Å². The van der Waals surface area contributed by atoms with Gasteiger partial charge in [-0.3, -0.25) is 4.79 Å². The molecular formula is C12H10N2O4S2. The van der Waals surface area contributed by atoms with Crippen molar-refractivity contribution in [2.45, 2.75) is 0 Å². The van der Waals surface area contributed by atoms with E-state index in [2.05, 4.69) is 0 Å². The van der Waals surface area contributed by atoms with Gasteiger partial charge in [-0.2, -0.15) is 0 Å². The number of carboxylic acid groups (broad SMARTS) is 1. The van der Waals surface area contributed by atoms with Crippen LogP contribution in [0.25, 0.3) is 6.08 Å². The minimum absolute atomic E-state index is 0.291. The monoisotopic (exact) mass is 310 g/mol. The average molecular weight is 310 g/mol. The van der Waals surface area contributed by atoms with Crippen LogP contribution in [0.5, 0.6) is 5.75 Å². The van der Waals surface area contributed by atoms with Crippen LogP contribution in [0.4, 0.5) is 0 Å². The second-order valence-electron chi connectivity index (χ2n) is 3.81. The number of hydrazine groups is 1. The summed E-state index contributed by atoms with van der Waals surface area (Å²) in [6.45, 7) is -0.422. The molecule has 0 unspecified atom stereocenters. The van der Waals surface area contributed by atoms with Crippen molar-refractivity contribution in [2.24, 2.45) is 5.84 Å². The first-order valence-electron chi connectivity index (χ1n) is 5.44. The number of thiocarbonyl (C=S) groups is 1. The minimum atomic E-state index is -1.06. The third-order valence-corrected chi connectivity index (χ3v) is 3.67. The van der Waals surface area contributed by atoms with Crippen LogP contribution in [0.1, 0.15) is 5.56 Å². The van der Waals surface area contributed by atoms with Crippen LogP contribution in [-0.2, 0) is 9.59 Å². The summed E-state index contributed by atoms with van der Waals surface area (Å²) in [7, 11) is 0. The first kappa shape index (κ1) is 14.5. The number of hydrogen-bond donors (Lipinski definition) is 2. The molecule has 0 spiro atoms. The van der Waals surface area contributed by atoms with E-state index in [0.717, 1.165) is 16.8 Å². The normalized spacial score (nSPS) is 16.9.